The molecule has 0 aliphatic heterocycles. The van der Waals surface area contributed by atoms with Gasteiger partial charge in [-0.1, -0.05) is 20.8 Å². The Kier molecular flexibility index (Phi) is 2.23. The fraction of sp³-hybridized carbons (Fsp3) is 0.583. The molecule has 3 heteroatoms. The van der Waals surface area contributed by atoms with E-state index in [2.05, 4.69) is 25.8 Å². The number of rotatable bonds is 0. The van der Waals surface area contributed by atoms with E-state index in [1.54, 1.807) is 0 Å². The molecule has 1 atom stereocenters. The van der Waals surface area contributed by atoms with Crippen molar-refractivity contribution in [2.24, 2.45) is 5.73 Å². The summed E-state index contributed by atoms with van der Waals surface area (Å²) in [4.78, 5) is 15.1. The highest BCUT2D eigenvalue weighted by atomic mass is 16.1. The minimum Gasteiger partial charge on any atom is -0.361 e. The summed E-state index contributed by atoms with van der Waals surface area (Å²) in [5.41, 5.74) is 8.86. The summed E-state index contributed by atoms with van der Waals surface area (Å²) >= 11 is 0. The molecule has 0 aromatic carbocycles. The molecule has 15 heavy (non-hydrogen) atoms. The molecular weight excluding hydrogens is 188 g/mol. The van der Waals surface area contributed by atoms with E-state index >= 15 is 0 Å². The number of carbonyl (C=O) groups excluding carboxylic acids is 1. The topological polar surface area (TPSA) is 58.9 Å². The summed E-state index contributed by atoms with van der Waals surface area (Å²) in [5.74, 6) is 0.176. The average Bonchev–Trinajstić information content (AvgIpc) is 2.46. The minimum atomic E-state index is -0.0172. The van der Waals surface area contributed by atoms with Crippen LogP contribution in [0.3, 0.4) is 0 Å². The fourth-order valence-corrected chi connectivity index (χ4v) is 1.99. The van der Waals surface area contributed by atoms with Crippen molar-refractivity contribution in [1.29, 1.82) is 0 Å². The van der Waals surface area contributed by atoms with Gasteiger partial charge in [-0.15, -0.1) is 0 Å². The number of aromatic amines is 1. The van der Waals surface area contributed by atoms with E-state index in [-0.39, 0.29) is 17.2 Å². The van der Waals surface area contributed by atoms with Crippen molar-refractivity contribution in [3.8, 4) is 0 Å². The van der Waals surface area contributed by atoms with Gasteiger partial charge in [-0.2, -0.15) is 0 Å². The van der Waals surface area contributed by atoms with Crippen LogP contribution in [0.2, 0.25) is 0 Å². The quantitative estimate of drug-likeness (QED) is 0.679. The molecule has 2 rings (SSSR count). The van der Waals surface area contributed by atoms with E-state index < -0.39 is 0 Å². The van der Waals surface area contributed by atoms with Crippen molar-refractivity contribution in [1.82, 2.24) is 4.98 Å². The summed E-state index contributed by atoms with van der Waals surface area (Å²) in [6.07, 6.45) is 1.27. The number of hydrogen-bond donors (Lipinski definition) is 2. The van der Waals surface area contributed by atoms with Crippen LogP contribution in [-0.2, 0) is 11.8 Å². The number of H-pyrrole nitrogens is 1. The van der Waals surface area contributed by atoms with Gasteiger partial charge >= 0.3 is 0 Å². The van der Waals surface area contributed by atoms with Crippen LogP contribution in [0, 0.1) is 0 Å². The molecule has 0 saturated heterocycles. The smallest absolute Gasteiger partial charge is 0.166 e. The number of nitrogens with two attached hydrogens (primary N) is 1. The maximum absolute atomic E-state index is 11.7. The Morgan fingerprint density at radius 3 is 2.67 bits per heavy atom. The van der Waals surface area contributed by atoms with Crippen molar-refractivity contribution in [2.45, 2.75) is 45.1 Å². The van der Waals surface area contributed by atoms with E-state index in [0.29, 0.717) is 6.42 Å². The molecule has 1 aliphatic carbocycles. The van der Waals surface area contributed by atoms with Crippen LogP contribution >= 0.6 is 0 Å². The number of aromatic nitrogens is 1. The fourth-order valence-electron chi connectivity index (χ4n) is 1.99. The lowest BCUT2D eigenvalue weighted by Gasteiger charge is -2.17. The van der Waals surface area contributed by atoms with Gasteiger partial charge in [0.15, 0.2) is 5.78 Å². The van der Waals surface area contributed by atoms with Crippen LogP contribution in [-0.4, -0.2) is 16.8 Å². The second kappa shape index (κ2) is 3.20. The Morgan fingerprint density at radius 2 is 2.07 bits per heavy atom. The maximum Gasteiger partial charge on any atom is 0.166 e. The summed E-state index contributed by atoms with van der Waals surface area (Å²) in [5, 5.41) is 0. The van der Waals surface area contributed by atoms with Gasteiger partial charge in [-0.05, 0) is 6.07 Å². The monoisotopic (exact) mass is 206 g/mol. The number of nitrogens with one attached hydrogen (secondary N) is 1. The zero-order valence-corrected chi connectivity index (χ0v) is 9.55. The third kappa shape index (κ3) is 1.84. The first kappa shape index (κ1) is 10.4. The van der Waals surface area contributed by atoms with Crippen molar-refractivity contribution in [3.05, 3.63) is 23.0 Å². The predicted molar refractivity (Wildman–Crippen MR) is 60.1 cm³/mol. The Hall–Kier alpha value is -1.09. The van der Waals surface area contributed by atoms with Gasteiger partial charge in [-0.25, -0.2) is 0 Å². The third-order valence-electron chi connectivity index (χ3n) is 2.92. The predicted octanol–water partition coefficient (Wildman–Crippen LogP) is 1.77. The van der Waals surface area contributed by atoms with E-state index in [0.717, 1.165) is 23.4 Å². The molecule has 0 spiro atoms. The summed E-state index contributed by atoms with van der Waals surface area (Å²) in [7, 11) is 0. The lowest BCUT2D eigenvalue weighted by Crippen LogP contribution is -2.31. The summed E-state index contributed by atoms with van der Waals surface area (Å²) < 4.78 is 0. The molecule has 0 fully saturated rings. The van der Waals surface area contributed by atoms with Crippen LogP contribution in [0.1, 0.15) is 48.9 Å². The largest absolute Gasteiger partial charge is 0.361 e. The van der Waals surface area contributed by atoms with Gasteiger partial charge in [0.1, 0.15) is 0 Å². The van der Waals surface area contributed by atoms with Crippen LogP contribution in [0.4, 0.5) is 0 Å². The van der Waals surface area contributed by atoms with E-state index in [1.807, 2.05) is 6.07 Å². The Labute approximate surface area is 90.1 Å². The SMILES string of the molecule is CC(C)(C)c1cc2c([nH]1)CC(N)CC2=O. The van der Waals surface area contributed by atoms with E-state index in [4.69, 9.17) is 5.73 Å². The van der Waals surface area contributed by atoms with Crippen LogP contribution in [0.15, 0.2) is 6.07 Å². The standard InChI is InChI=1S/C12H18N2O/c1-12(2,3)11-6-8-9(14-11)4-7(13)5-10(8)15/h6-7,14H,4-5,13H2,1-3H3. The molecular formula is C12H18N2O. The molecule has 3 N–H and O–H groups in total. The van der Waals surface area contributed by atoms with Crippen LogP contribution in [0.25, 0.3) is 0 Å². The maximum atomic E-state index is 11.7. The Balaban J connectivity index is 2.44. The van der Waals surface area contributed by atoms with Gasteiger partial charge in [0, 0.05) is 41.2 Å². The first-order valence-electron chi connectivity index (χ1n) is 5.39. The molecule has 1 aliphatic rings. The van der Waals surface area contributed by atoms with Crippen molar-refractivity contribution in [2.75, 3.05) is 0 Å². The van der Waals surface area contributed by atoms with E-state index in [9.17, 15) is 4.79 Å². The molecule has 1 aromatic heterocycles. The van der Waals surface area contributed by atoms with Crippen molar-refractivity contribution < 1.29 is 4.79 Å². The number of hydrogen-bond acceptors (Lipinski definition) is 2. The average molecular weight is 206 g/mol. The Morgan fingerprint density at radius 1 is 1.40 bits per heavy atom. The van der Waals surface area contributed by atoms with E-state index in [1.165, 1.54) is 0 Å². The molecule has 0 saturated carbocycles. The first-order valence-corrected chi connectivity index (χ1v) is 5.39. The Bertz CT molecular complexity index is 398. The summed E-state index contributed by atoms with van der Waals surface area (Å²) in [6.45, 7) is 6.40. The zero-order valence-electron chi connectivity index (χ0n) is 9.55. The van der Waals surface area contributed by atoms with Gasteiger partial charge in [0.25, 0.3) is 0 Å². The highest BCUT2D eigenvalue weighted by Gasteiger charge is 2.27. The third-order valence-corrected chi connectivity index (χ3v) is 2.92. The number of carbonyl (C=O) groups is 1. The minimum absolute atomic E-state index is 0.0172. The van der Waals surface area contributed by atoms with Gasteiger partial charge < -0.3 is 10.7 Å². The highest BCUT2D eigenvalue weighted by Crippen LogP contribution is 2.27. The number of fused-ring (bicyclic) bond motifs is 1. The molecule has 0 radical (unpaired) electrons. The zero-order chi connectivity index (χ0) is 11.2. The van der Waals surface area contributed by atoms with Gasteiger partial charge in [0.05, 0.1) is 0 Å². The molecule has 0 amide bonds. The second-order valence-corrected chi connectivity index (χ2v) is 5.42. The molecule has 0 bridgehead atoms. The van der Waals surface area contributed by atoms with Crippen molar-refractivity contribution in [3.63, 3.8) is 0 Å². The van der Waals surface area contributed by atoms with Gasteiger partial charge in [0.2, 0.25) is 0 Å². The van der Waals surface area contributed by atoms with Crippen LogP contribution < -0.4 is 5.73 Å². The van der Waals surface area contributed by atoms with Gasteiger partial charge in [-0.3, -0.25) is 4.79 Å². The second-order valence-electron chi connectivity index (χ2n) is 5.42. The normalized spacial score (nSPS) is 21.6. The lowest BCUT2D eigenvalue weighted by molar-refractivity contribution is 0.0965. The molecule has 3 nitrogen and oxygen atoms in total. The number of ketones is 1. The van der Waals surface area contributed by atoms with Crippen LogP contribution in [0.5, 0.6) is 0 Å². The number of Topliss-reactive ketones (excluding diaryl/α,β-unsaturated/α-hetero) is 1. The molecule has 1 heterocycles. The molecule has 1 aromatic rings. The highest BCUT2D eigenvalue weighted by molar-refractivity contribution is 5.99. The first-order chi connectivity index (χ1) is 6.88. The molecule has 1 unspecified atom stereocenters. The molecule has 82 valence electrons. The van der Waals surface area contributed by atoms with Crippen molar-refractivity contribution >= 4 is 5.78 Å². The lowest BCUT2D eigenvalue weighted by atomic mass is 9.90. The summed E-state index contributed by atoms with van der Waals surface area (Å²) in [6, 6.07) is 1.97.